The Hall–Kier alpha value is -0.890. The van der Waals surface area contributed by atoms with E-state index in [9.17, 15) is 4.57 Å². The van der Waals surface area contributed by atoms with Crippen molar-refractivity contribution in [3.05, 3.63) is 41.5 Å². The SMILES string of the molecule is CCCCCCCCCCCCCC=Cc1ccc(CP(=O)(O)O)cc1. The van der Waals surface area contributed by atoms with Crippen molar-refractivity contribution in [2.75, 3.05) is 0 Å². The summed E-state index contributed by atoms with van der Waals surface area (Å²) in [6, 6.07) is 7.42. The van der Waals surface area contributed by atoms with Crippen molar-refractivity contribution in [2.45, 2.75) is 90.1 Å². The third kappa shape index (κ3) is 13.3. The first-order valence-electron chi connectivity index (χ1n) is 10.3. The molecule has 0 fully saturated rings. The highest BCUT2D eigenvalue weighted by molar-refractivity contribution is 7.50. The molecule has 1 rings (SSSR count). The topological polar surface area (TPSA) is 57.5 Å². The molecule has 1 aromatic rings. The highest BCUT2D eigenvalue weighted by atomic mass is 31.2. The van der Waals surface area contributed by atoms with E-state index in [0.29, 0.717) is 5.56 Å². The van der Waals surface area contributed by atoms with Crippen LogP contribution in [0.25, 0.3) is 6.08 Å². The van der Waals surface area contributed by atoms with E-state index < -0.39 is 7.60 Å². The second kappa shape index (κ2) is 14.2. The van der Waals surface area contributed by atoms with Gasteiger partial charge >= 0.3 is 7.60 Å². The fourth-order valence-electron chi connectivity index (χ4n) is 3.12. The van der Waals surface area contributed by atoms with E-state index in [4.69, 9.17) is 9.79 Å². The predicted molar refractivity (Wildman–Crippen MR) is 112 cm³/mol. The molecule has 3 nitrogen and oxygen atoms in total. The monoisotopic (exact) mass is 380 g/mol. The van der Waals surface area contributed by atoms with Crippen molar-refractivity contribution in [3.8, 4) is 0 Å². The molecule has 26 heavy (non-hydrogen) atoms. The van der Waals surface area contributed by atoms with Crippen molar-refractivity contribution in [2.24, 2.45) is 0 Å². The largest absolute Gasteiger partial charge is 0.329 e. The summed E-state index contributed by atoms with van der Waals surface area (Å²) in [7, 11) is -3.97. The molecular formula is C22H37O3P. The summed E-state index contributed by atoms with van der Waals surface area (Å²) in [6.45, 7) is 2.26. The van der Waals surface area contributed by atoms with Crippen LogP contribution in [0.5, 0.6) is 0 Å². The number of rotatable bonds is 15. The van der Waals surface area contributed by atoms with Gasteiger partial charge in [-0.05, 0) is 24.0 Å². The van der Waals surface area contributed by atoms with Crippen LogP contribution in [-0.4, -0.2) is 9.79 Å². The Labute approximate surface area is 160 Å². The molecule has 4 heteroatoms. The average molecular weight is 381 g/mol. The second-order valence-electron chi connectivity index (χ2n) is 7.29. The van der Waals surface area contributed by atoms with Gasteiger partial charge in [-0.2, -0.15) is 0 Å². The minimum absolute atomic E-state index is 0.185. The lowest BCUT2D eigenvalue weighted by Gasteiger charge is -2.04. The zero-order valence-corrected chi connectivity index (χ0v) is 17.3. The van der Waals surface area contributed by atoms with Crippen molar-refractivity contribution >= 4 is 13.7 Å². The summed E-state index contributed by atoms with van der Waals surface area (Å²) >= 11 is 0. The zero-order valence-electron chi connectivity index (χ0n) is 16.4. The molecule has 0 heterocycles. The molecule has 0 saturated heterocycles. The summed E-state index contributed by atoms with van der Waals surface area (Å²) < 4.78 is 11.0. The Balaban J connectivity index is 2.01. The molecule has 0 aliphatic heterocycles. The number of allylic oxidation sites excluding steroid dienone is 1. The van der Waals surface area contributed by atoms with E-state index in [-0.39, 0.29) is 6.16 Å². The molecule has 1 aromatic carbocycles. The molecule has 0 unspecified atom stereocenters. The fraction of sp³-hybridized carbons (Fsp3) is 0.636. The number of benzene rings is 1. The molecule has 0 bridgehead atoms. The van der Waals surface area contributed by atoms with Crippen LogP contribution in [0.2, 0.25) is 0 Å². The van der Waals surface area contributed by atoms with Crippen LogP contribution >= 0.6 is 7.60 Å². The quantitative estimate of drug-likeness (QED) is 0.252. The van der Waals surface area contributed by atoms with Gasteiger partial charge in [0.1, 0.15) is 0 Å². The minimum atomic E-state index is -3.97. The number of hydrogen-bond donors (Lipinski definition) is 2. The summed E-state index contributed by atoms with van der Waals surface area (Å²) in [5, 5.41) is 0. The summed E-state index contributed by atoms with van der Waals surface area (Å²) in [5.41, 5.74) is 1.77. The summed E-state index contributed by atoms with van der Waals surface area (Å²) in [5.74, 6) is 0. The molecular weight excluding hydrogens is 343 g/mol. The van der Waals surface area contributed by atoms with Gasteiger partial charge < -0.3 is 9.79 Å². The van der Waals surface area contributed by atoms with Gasteiger partial charge in [0.05, 0.1) is 6.16 Å². The maximum Gasteiger partial charge on any atom is 0.329 e. The van der Waals surface area contributed by atoms with Crippen LogP contribution in [0, 0.1) is 0 Å². The molecule has 0 amide bonds. The third-order valence-corrected chi connectivity index (χ3v) is 5.43. The van der Waals surface area contributed by atoms with Gasteiger partial charge in [-0.1, -0.05) is 108 Å². The Kier molecular flexibility index (Phi) is 12.6. The molecule has 2 N–H and O–H groups in total. The van der Waals surface area contributed by atoms with Crippen LogP contribution in [0.4, 0.5) is 0 Å². The fourth-order valence-corrected chi connectivity index (χ4v) is 3.80. The van der Waals surface area contributed by atoms with Gasteiger partial charge in [0, 0.05) is 0 Å². The second-order valence-corrected chi connectivity index (χ2v) is 8.94. The first-order chi connectivity index (χ1) is 12.5. The summed E-state index contributed by atoms with van der Waals surface area (Å²) in [4.78, 5) is 17.9. The first kappa shape index (κ1) is 23.1. The Morgan fingerprint density at radius 3 is 1.81 bits per heavy atom. The van der Waals surface area contributed by atoms with Gasteiger partial charge in [-0.3, -0.25) is 4.57 Å². The average Bonchev–Trinajstić information content (AvgIpc) is 2.59. The molecule has 148 valence electrons. The maximum absolute atomic E-state index is 11.0. The van der Waals surface area contributed by atoms with Crippen molar-refractivity contribution in [1.29, 1.82) is 0 Å². The smallest absolute Gasteiger partial charge is 0.324 e. The molecule has 0 radical (unpaired) electrons. The number of unbranched alkanes of at least 4 members (excludes halogenated alkanes) is 11. The van der Waals surface area contributed by atoms with E-state index in [1.165, 1.54) is 70.6 Å². The molecule has 0 aromatic heterocycles. The van der Waals surface area contributed by atoms with Gasteiger partial charge in [-0.25, -0.2) is 0 Å². The van der Waals surface area contributed by atoms with Gasteiger partial charge in [-0.15, -0.1) is 0 Å². The Bertz CT molecular complexity index is 531. The number of hydrogen-bond acceptors (Lipinski definition) is 1. The van der Waals surface area contributed by atoms with E-state index in [1.807, 2.05) is 12.1 Å². The van der Waals surface area contributed by atoms with E-state index >= 15 is 0 Å². The van der Waals surface area contributed by atoms with Crippen LogP contribution in [0.1, 0.15) is 95.1 Å². The van der Waals surface area contributed by atoms with Crippen molar-refractivity contribution in [1.82, 2.24) is 0 Å². The molecule has 0 aliphatic carbocycles. The van der Waals surface area contributed by atoms with Gasteiger partial charge in [0.15, 0.2) is 0 Å². The minimum Gasteiger partial charge on any atom is -0.324 e. The highest BCUT2D eigenvalue weighted by Gasteiger charge is 2.13. The maximum atomic E-state index is 11.0. The third-order valence-electron chi connectivity index (χ3n) is 4.65. The lowest BCUT2D eigenvalue weighted by Crippen LogP contribution is -1.86. The van der Waals surface area contributed by atoms with Gasteiger partial charge in [0.25, 0.3) is 0 Å². The molecule has 0 spiro atoms. The lowest BCUT2D eigenvalue weighted by molar-refractivity contribution is 0.371. The van der Waals surface area contributed by atoms with E-state index in [0.717, 1.165) is 12.0 Å². The van der Waals surface area contributed by atoms with E-state index in [2.05, 4.69) is 19.1 Å². The normalized spacial score (nSPS) is 12.1. The standard InChI is InChI=1S/C22H37O3P/c1-2-3-4-5-6-7-8-9-10-11-12-13-14-15-21-16-18-22(19-17-21)20-26(23,24)25/h14-19H,2-13,20H2,1H3,(H2,23,24,25). The summed E-state index contributed by atoms with van der Waals surface area (Å²) in [6.07, 6.45) is 20.2. The van der Waals surface area contributed by atoms with Crippen LogP contribution in [0.15, 0.2) is 30.3 Å². The molecule has 0 saturated carbocycles. The van der Waals surface area contributed by atoms with Crippen LogP contribution in [0.3, 0.4) is 0 Å². The van der Waals surface area contributed by atoms with Gasteiger partial charge in [0.2, 0.25) is 0 Å². The van der Waals surface area contributed by atoms with Crippen LogP contribution < -0.4 is 0 Å². The molecule has 0 atom stereocenters. The molecule has 0 aliphatic rings. The van der Waals surface area contributed by atoms with Crippen molar-refractivity contribution < 1.29 is 14.4 Å². The Morgan fingerprint density at radius 1 is 0.808 bits per heavy atom. The highest BCUT2D eigenvalue weighted by Crippen LogP contribution is 2.38. The van der Waals surface area contributed by atoms with Crippen LogP contribution in [-0.2, 0) is 10.7 Å². The predicted octanol–water partition coefficient (Wildman–Crippen LogP) is 7.08. The first-order valence-corrected chi connectivity index (χ1v) is 12.1. The zero-order chi connectivity index (χ0) is 19.1. The van der Waals surface area contributed by atoms with Crippen molar-refractivity contribution in [3.63, 3.8) is 0 Å². The lowest BCUT2D eigenvalue weighted by atomic mass is 10.0. The van der Waals surface area contributed by atoms with E-state index in [1.54, 1.807) is 12.1 Å². The Morgan fingerprint density at radius 2 is 1.31 bits per heavy atom.